The third-order valence-corrected chi connectivity index (χ3v) is 4.63. The van der Waals surface area contributed by atoms with Gasteiger partial charge in [0, 0.05) is 36.2 Å². The number of hydrogen-bond acceptors (Lipinski definition) is 2. The zero-order chi connectivity index (χ0) is 18.2. The lowest BCUT2D eigenvalue weighted by Gasteiger charge is -2.31. The van der Waals surface area contributed by atoms with E-state index in [1.807, 2.05) is 0 Å². The monoisotopic (exact) mass is 344 g/mol. The number of para-hydroxylation sites is 3. The molecular weight excluding hydrogens is 316 g/mol. The minimum absolute atomic E-state index is 0.485. The Bertz CT molecular complexity index is 714. The zero-order valence-corrected chi connectivity index (χ0v) is 15.8. The molecule has 0 spiro atoms. The van der Waals surface area contributed by atoms with Gasteiger partial charge < -0.3 is 9.80 Å². The minimum atomic E-state index is 0.485. The van der Waals surface area contributed by atoms with E-state index in [1.165, 1.54) is 17.1 Å². The van der Waals surface area contributed by atoms with Gasteiger partial charge in [-0.3, -0.25) is 0 Å². The maximum absolute atomic E-state index is 2.48. The zero-order valence-electron chi connectivity index (χ0n) is 15.8. The molecule has 0 N–H and O–H groups in total. The molecule has 0 saturated carbocycles. The molecule has 3 aromatic rings. The topological polar surface area (TPSA) is 6.48 Å². The molecule has 0 aliphatic rings. The number of rotatable bonds is 8. The van der Waals surface area contributed by atoms with Crippen LogP contribution in [0, 0.1) is 0 Å². The third-order valence-electron chi connectivity index (χ3n) is 4.63. The van der Waals surface area contributed by atoms with Crippen LogP contribution in [0.2, 0.25) is 0 Å². The van der Waals surface area contributed by atoms with Crippen LogP contribution >= 0.6 is 0 Å². The summed E-state index contributed by atoms with van der Waals surface area (Å²) in [5.41, 5.74) is 3.79. The Kier molecular flexibility index (Phi) is 6.32. The average molecular weight is 345 g/mol. The molecule has 0 heterocycles. The molecule has 26 heavy (non-hydrogen) atoms. The number of nitrogens with zero attached hydrogens (tertiary/aromatic N) is 2. The van der Waals surface area contributed by atoms with Gasteiger partial charge in [0.2, 0.25) is 0 Å². The van der Waals surface area contributed by atoms with E-state index in [9.17, 15) is 0 Å². The Hall–Kier alpha value is -2.74. The molecule has 0 fully saturated rings. The smallest absolute Gasteiger partial charge is 0.0410 e. The SMILES string of the molecule is CC(C)N(CCCN(c1ccccc1)c1ccccc1)c1ccccc1. The quantitative estimate of drug-likeness (QED) is 0.485. The van der Waals surface area contributed by atoms with Gasteiger partial charge in [0.05, 0.1) is 0 Å². The van der Waals surface area contributed by atoms with Crippen molar-refractivity contribution in [2.45, 2.75) is 26.3 Å². The Morgan fingerprint density at radius 2 is 1.00 bits per heavy atom. The molecule has 2 nitrogen and oxygen atoms in total. The summed E-state index contributed by atoms with van der Waals surface area (Å²) in [5.74, 6) is 0. The van der Waals surface area contributed by atoms with Crippen molar-refractivity contribution in [3.63, 3.8) is 0 Å². The highest BCUT2D eigenvalue weighted by atomic mass is 15.2. The van der Waals surface area contributed by atoms with Crippen molar-refractivity contribution in [2.24, 2.45) is 0 Å². The summed E-state index contributed by atoms with van der Waals surface area (Å²) in [6.07, 6.45) is 1.09. The summed E-state index contributed by atoms with van der Waals surface area (Å²) in [5, 5.41) is 0. The summed E-state index contributed by atoms with van der Waals surface area (Å²) in [6.45, 7) is 6.56. The second-order valence-electron chi connectivity index (χ2n) is 6.80. The van der Waals surface area contributed by atoms with E-state index in [0.717, 1.165) is 19.5 Å². The van der Waals surface area contributed by atoms with Crippen molar-refractivity contribution < 1.29 is 0 Å². The average Bonchev–Trinajstić information content (AvgIpc) is 2.70. The predicted molar refractivity (Wildman–Crippen MR) is 113 cm³/mol. The van der Waals surface area contributed by atoms with Gasteiger partial charge in [0.15, 0.2) is 0 Å². The molecule has 0 bridgehead atoms. The number of hydrogen-bond donors (Lipinski definition) is 0. The van der Waals surface area contributed by atoms with Gasteiger partial charge in [-0.15, -0.1) is 0 Å². The minimum Gasteiger partial charge on any atom is -0.369 e. The van der Waals surface area contributed by atoms with Gasteiger partial charge >= 0.3 is 0 Å². The number of benzene rings is 3. The van der Waals surface area contributed by atoms with E-state index in [-0.39, 0.29) is 0 Å². The highest BCUT2D eigenvalue weighted by molar-refractivity contribution is 5.62. The van der Waals surface area contributed by atoms with Crippen molar-refractivity contribution in [3.05, 3.63) is 91.0 Å². The lowest BCUT2D eigenvalue weighted by atomic mass is 10.2. The largest absolute Gasteiger partial charge is 0.369 e. The first-order valence-electron chi connectivity index (χ1n) is 9.45. The Balaban J connectivity index is 1.72. The Labute approximate surface area is 157 Å². The summed E-state index contributed by atoms with van der Waals surface area (Å²) in [7, 11) is 0. The highest BCUT2D eigenvalue weighted by Crippen LogP contribution is 2.25. The molecule has 0 aliphatic carbocycles. The first kappa shape index (κ1) is 18.1. The van der Waals surface area contributed by atoms with E-state index in [4.69, 9.17) is 0 Å². The normalized spacial score (nSPS) is 10.7. The van der Waals surface area contributed by atoms with Crippen LogP contribution in [0.4, 0.5) is 17.1 Å². The molecule has 0 atom stereocenters. The molecule has 0 amide bonds. The molecule has 0 aromatic heterocycles. The molecule has 3 aromatic carbocycles. The maximum Gasteiger partial charge on any atom is 0.0410 e. The molecule has 0 saturated heterocycles. The van der Waals surface area contributed by atoms with Gasteiger partial charge in [0.25, 0.3) is 0 Å². The van der Waals surface area contributed by atoms with E-state index in [0.29, 0.717) is 6.04 Å². The lowest BCUT2D eigenvalue weighted by Crippen LogP contribution is -2.33. The fraction of sp³-hybridized carbons (Fsp3) is 0.250. The van der Waals surface area contributed by atoms with Gasteiger partial charge in [-0.25, -0.2) is 0 Å². The van der Waals surface area contributed by atoms with Crippen molar-refractivity contribution in [3.8, 4) is 0 Å². The fourth-order valence-corrected chi connectivity index (χ4v) is 3.33. The fourth-order valence-electron chi connectivity index (χ4n) is 3.33. The van der Waals surface area contributed by atoms with Crippen molar-refractivity contribution in [2.75, 3.05) is 22.9 Å². The van der Waals surface area contributed by atoms with Crippen LogP contribution in [-0.4, -0.2) is 19.1 Å². The Morgan fingerprint density at radius 3 is 1.42 bits per heavy atom. The van der Waals surface area contributed by atoms with E-state index >= 15 is 0 Å². The summed E-state index contributed by atoms with van der Waals surface area (Å²) < 4.78 is 0. The standard InChI is InChI=1S/C24H28N2/c1-21(2)25(22-13-6-3-7-14-22)19-12-20-26(23-15-8-4-9-16-23)24-17-10-5-11-18-24/h3-11,13-18,21H,12,19-20H2,1-2H3. The summed E-state index contributed by atoms with van der Waals surface area (Å²) in [6, 6.07) is 32.5. The molecule has 2 heteroatoms. The molecule has 0 unspecified atom stereocenters. The second-order valence-corrected chi connectivity index (χ2v) is 6.80. The van der Waals surface area contributed by atoms with Gasteiger partial charge in [-0.2, -0.15) is 0 Å². The van der Waals surface area contributed by atoms with Crippen LogP contribution in [0.15, 0.2) is 91.0 Å². The van der Waals surface area contributed by atoms with E-state index in [1.54, 1.807) is 0 Å². The van der Waals surface area contributed by atoms with Crippen LogP contribution in [0.25, 0.3) is 0 Å². The molecule has 0 aliphatic heterocycles. The number of anilines is 3. The molecular formula is C24H28N2. The van der Waals surface area contributed by atoms with Crippen molar-refractivity contribution in [1.82, 2.24) is 0 Å². The second kappa shape index (κ2) is 9.10. The Morgan fingerprint density at radius 1 is 0.577 bits per heavy atom. The van der Waals surface area contributed by atoms with Crippen LogP contribution < -0.4 is 9.80 Å². The van der Waals surface area contributed by atoms with Crippen LogP contribution in [0.3, 0.4) is 0 Å². The van der Waals surface area contributed by atoms with Gasteiger partial charge in [-0.1, -0.05) is 54.6 Å². The van der Waals surface area contributed by atoms with Crippen LogP contribution in [0.1, 0.15) is 20.3 Å². The summed E-state index contributed by atoms with van der Waals surface area (Å²) >= 11 is 0. The highest BCUT2D eigenvalue weighted by Gasteiger charge is 2.12. The van der Waals surface area contributed by atoms with E-state index in [2.05, 4.69) is 115 Å². The van der Waals surface area contributed by atoms with E-state index < -0.39 is 0 Å². The maximum atomic E-state index is 2.48. The van der Waals surface area contributed by atoms with Crippen molar-refractivity contribution in [1.29, 1.82) is 0 Å². The van der Waals surface area contributed by atoms with Gasteiger partial charge in [0.1, 0.15) is 0 Å². The molecule has 3 rings (SSSR count). The van der Waals surface area contributed by atoms with Gasteiger partial charge in [-0.05, 0) is 56.7 Å². The molecule has 134 valence electrons. The third kappa shape index (κ3) is 4.66. The first-order valence-corrected chi connectivity index (χ1v) is 9.45. The van der Waals surface area contributed by atoms with Crippen LogP contribution in [0.5, 0.6) is 0 Å². The first-order chi connectivity index (χ1) is 12.8. The molecule has 0 radical (unpaired) electrons. The van der Waals surface area contributed by atoms with Crippen LogP contribution in [-0.2, 0) is 0 Å². The lowest BCUT2D eigenvalue weighted by molar-refractivity contribution is 0.654. The van der Waals surface area contributed by atoms with Crippen molar-refractivity contribution >= 4 is 17.1 Å². The summed E-state index contributed by atoms with van der Waals surface area (Å²) in [4.78, 5) is 4.89. The predicted octanol–water partition coefficient (Wildman–Crippen LogP) is 6.13.